The monoisotopic (exact) mass is 234 g/mol. The van der Waals surface area contributed by atoms with E-state index >= 15 is 0 Å². The van der Waals surface area contributed by atoms with E-state index < -0.39 is 0 Å². The Morgan fingerprint density at radius 2 is 2.31 bits per heavy atom. The van der Waals surface area contributed by atoms with Crippen LogP contribution in [0.1, 0.15) is 29.2 Å². The van der Waals surface area contributed by atoms with Crippen molar-refractivity contribution < 1.29 is 5.11 Å². The molecule has 4 heteroatoms. The van der Waals surface area contributed by atoms with Gasteiger partial charge in [0.05, 0.1) is 10.7 Å². The lowest BCUT2D eigenvalue weighted by Gasteiger charge is -2.00. The normalized spacial score (nSPS) is 12.6. The minimum Gasteiger partial charge on any atom is -0.508 e. The molecule has 2 aromatic rings. The van der Waals surface area contributed by atoms with Crippen LogP contribution in [0.4, 0.5) is 0 Å². The zero-order chi connectivity index (χ0) is 11.5. The van der Waals surface area contributed by atoms with Gasteiger partial charge in [0.15, 0.2) is 0 Å². The van der Waals surface area contributed by atoms with E-state index in [1.807, 2.05) is 24.4 Å². The predicted octanol–water partition coefficient (Wildman–Crippen LogP) is 2.46. The average molecular weight is 234 g/mol. The smallest absolute Gasteiger partial charge is 0.115 e. The van der Waals surface area contributed by atoms with Crippen molar-refractivity contribution in [3.05, 3.63) is 45.9 Å². The third-order valence-corrected chi connectivity index (χ3v) is 3.17. The van der Waals surface area contributed by atoms with Gasteiger partial charge in [-0.1, -0.05) is 12.1 Å². The summed E-state index contributed by atoms with van der Waals surface area (Å²) < 4.78 is 0. The molecular formula is C12H14N2OS. The summed E-state index contributed by atoms with van der Waals surface area (Å²) in [6, 6.07) is 7.22. The maximum Gasteiger partial charge on any atom is 0.115 e. The van der Waals surface area contributed by atoms with E-state index in [0.29, 0.717) is 5.75 Å². The zero-order valence-electron chi connectivity index (χ0n) is 9.05. The van der Waals surface area contributed by atoms with E-state index in [1.165, 1.54) is 0 Å². The summed E-state index contributed by atoms with van der Waals surface area (Å²) in [5.74, 6) is 0.293. The molecule has 0 radical (unpaired) electrons. The Bertz CT molecular complexity index is 479. The van der Waals surface area contributed by atoms with Crippen LogP contribution in [-0.4, -0.2) is 10.1 Å². The third kappa shape index (κ3) is 2.59. The molecule has 3 N–H and O–H groups in total. The van der Waals surface area contributed by atoms with Crippen molar-refractivity contribution in [1.82, 2.24) is 4.98 Å². The van der Waals surface area contributed by atoms with Crippen molar-refractivity contribution in [2.75, 3.05) is 0 Å². The summed E-state index contributed by atoms with van der Waals surface area (Å²) in [5, 5.41) is 12.4. The number of hydrogen-bond donors (Lipinski definition) is 2. The van der Waals surface area contributed by atoms with Crippen molar-refractivity contribution in [2.45, 2.75) is 19.4 Å². The van der Waals surface area contributed by atoms with E-state index in [0.717, 1.165) is 22.7 Å². The highest BCUT2D eigenvalue weighted by atomic mass is 32.1. The Kier molecular flexibility index (Phi) is 3.22. The van der Waals surface area contributed by atoms with E-state index in [-0.39, 0.29) is 6.04 Å². The van der Waals surface area contributed by atoms with E-state index in [2.05, 4.69) is 4.98 Å². The standard InChI is InChI=1S/C12H14N2OS/c1-8(13)11-7-16-12(14-11)6-9-3-2-4-10(15)5-9/h2-5,7-8,15H,6,13H2,1H3. The van der Waals surface area contributed by atoms with Gasteiger partial charge < -0.3 is 10.8 Å². The number of aromatic hydroxyl groups is 1. The predicted molar refractivity (Wildman–Crippen MR) is 65.6 cm³/mol. The van der Waals surface area contributed by atoms with Gasteiger partial charge in [-0.3, -0.25) is 0 Å². The summed E-state index contributed by atoms with van der Waals surface area (Å²) >= 11 is 1.61. The van der Waals surface area contributed by atoms with Crippen LogP contribution in [0.3, 0.4) is 0 Å². The molecule has 0 saturated heterocycles. The second-order valence-electron chi connectivity index (χ2n) is 3.80. The van der Waals surface area contributed by atoms with E-state index in [1.54, 1.807) is 23.5 Å². The summed E-state index contributed by atoms with van der Waals surface area (Å²) in [4.78, 5) is 4.45. The first-order chi connectivity index (χ1) is 7.65. The Morgan fingerprint density at radius 3 is 2.94 bits per heavy atom. The maximum absolute atomic E-state index is 9.35. The van der Waals surface area contributed by atoms with Crippen LogP contribution in [0, 0.1) is 0 Å². The topological polar surface area (TPSA) is 59.1 Å². The first kappa shape index (κ1) is 11.1. The lowest BCUT2D eigenvalue weighted by atomic mass is 10.1. The van der Waals surface area contributed by atoms with Gasteiger partial charge >= 0.3 is 0 Å². The van der Waals surface area contributed by atoms with Gasteiger partial charge in [-0.05, 0) is 24.6 Å². The molecule has 2 rings (SSSR count). The minimum absolute atomic E-state index is 0.0193. The van der Waals surface area contributed by atoms with Gasteiger partial charge in [-0.15, -0.1) is 11.3 Å². The first-order valence-corrected chi connectivity index (χ1v) is 6.01. The lowest BCUT2D eigenvalue weighted by Crippen LogP contribution is -2.05. The minimum atomic E-state index is -0.0193. The first-order valence-electron chi connectivity index (χ1n) is 5.13. The largest absolute Gasteiger partial charge is 0.508 e. The number of rotatable bonds is 3. The fraction of sp³-hybridized carbons (Fsp3) is 0.250. The molecular weight excluding hydrogens is 220 g/mol. The van der Waals surface area contributed by atoms with E-state index in [4.69, 9.17) is 5.73 Å². The van der Waals surface area contributed by atoms with Gasteiger partial charge in [0.1, 0.15) is 5.75 Å². The molecule has 0 bridgehead atoms. The van der Waals surface area contributed by atoms with Crippen molar-refractivity contribution in [2.24, 2.45) is 5.73 Å². The zero-order valence-corrected chi connectivity index (χ0v) is 9.87. The van der Waals surface area contributed by atoms with Crippen molar-refractivity contribution in [1.29, 1.82) is 0 Å². The summed E-state index contributed by atoms with van der Waals surface area (Å²) in [7, 11) is 0. The molecule has 3 nitrogen and oxygen atoms in total. The Morgan fingerprint density at radius 1 is 1.50 bits per heavy atom. The number of hydrogen-bond acceptors (Lipinski definition) is 4. The number of nitrogens with two attached hydrogens (primary N) is 1. The van der Waals surface area contributed by atoms with Crippen molar-refractivity contribution in [3.63, 3.8) is 0 Å². The van der Waals surface area contributed by atoms with Gasteiger partial charge in [-0.25, -0.2) is 4.98 Å². The van der Waals surface area contributed by atoms with Gasteiger partial charge in [0.2, 0.25) is 0 Å². The molecule has 0 fully saturated rings. The second-order valence-corrected chi connectivity index (χ2v) is 4.74. The van der Waals surface area contributed by atoms with E-state index in [9.17, 15) is 5.11 Å². The molecule has 0 aliphatic rings. The lowest BCUT2D eigenvalue weighted by molar-refractivity contribution is 0.474. The molecule has 0 aliphatic heterocycles. The molecule has 16 heavy (non-hydrogen) atoms. The average Bonchev–Trinajstić information content (AvgIpc) is 2.66. The van der Waals surface area contributed by atoms with Crippen molar-refractivity contribution in [3.8, 4) is 5.75 Å². The maximum atomic E-state index is 9.35. The summed E-state index contributed by atoms with van der Waals surface area (Å²) in [5.41, 5.74) is 7.74. The summed E-state index contributed by atoms with van der Waals surface area (Å²) in [6.07, 6.45) is 0.742. The number of nitrogens with zero attached hydrogens (tertiary/aromatic N) is 1. The molecule has 84 valence electrons. The Labute approximate surface area is 98.6 Å². The third-order valence-electron chi connectivity index (χ3n) is 2.30. The second kappa shape index (κ2) is 4.63. The quantitative estimate of drug-likeness (QED) is 0.857. The Hall–Kier alpha value is -1.39. The highest BCUT2D eigenvalue weighted by molar-refractivity contribution is 7.09. The van der Waals surface area contributed by atoms with Crippen LogP contribution in [-0.2, 0) is 6.42 Å². The molecule has 0 saturated carbocycles. The molecule has 1 aromatic carbocycles. The Balaban J connectivity index is 2.14. The van der Waals surface area contributed by atoms with Crippen LogP contribution in [0.5, 0.6) is 5.75 Å². The highest BCUT2D eigenvalue weighted by Crippen LogP contribution is 2.19. The van der Waals surface area contributed by atoms with Crippen LogP contribution in [0.2, 0.25) is 0 Å². The number of phenolic OH excluding ortho intramolecular Hbond substituents is 1. The van der Waals surface area contributed by atoms with Crippen LogP contribution in [0.25, 0.3) is 0 Å². The van der Waals surface area contributed by atoms with Gasteiger partial charge in [0, 0.05) is 17.8 Å². The van der Waals surface area contributed by atoms with Crippen LogP contribution in [0.15, 0.2) is 29.6 Å². The molecule has 1 heterocycles. The van der Waals surface area contributed by atoms with Crippen LogP contribution >= 0.6 is 11.3 Å². The number of aromatic nitrogens is 1. The highest BCUT2D eigenvalue weighted by Gasteiger charge is 2.06. The number of thiazole rings is 1. The molecule has 0 amide bonds. The number of phenols is 1. The fourth-order valence-corrected chi connectivity index (χ4v) is 2.39. The molecule has 0 aliphatic carbocycles. The number of benzene rings is 1. The molecule has 1 aromatic heterocycles. The fourth-order valence-electron chi connectivity index (χ4n) is 1.46. The molecule has 0 spiro atoms. The van der Waals surface area contributed by atoms with Crippen LogP contribution < -0.4 is 5.73 Å². The van der Waals surface area contributed by atoms with Gasteiger partial charge in [0.25, 0.3) is 0 Å². The summed E-state index contributed by atoms with van der Waals surface area (Å²) in [6.45, 7) is 1.92. The van der Waals surface area contributed by atoms with Gasteiger partial charge in [-0.2, -0.15) is 0 Å². The van der Waals surface area contributed by atoms with Crippen molar-refractivity contribution >= 4 is 11.3 Å². The molecule has 1 atom stereocenters. The SMILES string of the molecule is CC(N)c1csc(Cc2cccc(O)c2)n1. The molecule has 1 unspecified atom stereocenters.